The van der Waals surface area contributed by atoms with E-state index in [1.165, 1.54) is 12.1 Å². The highest BCUT2D eigenvalue weighted by Gasteiger charge is 2.00. The molecule has 0 saturated carbocycles. The molecule has 0 aromatic heterocycles. The smallest absolute Gasteiger partial charge is 0.335 e. The second-order valence-corrected chi connectivity index (χ2v) is 4.18. The largest absolute Gasteiger partial charge is 0.478 e. The molecule has 0 aliphatic rings. The lowest BCUT2D eigenvalue weighted by molar-refractivity contribution is 0.0697. The molecule has 2 aromatic carbocycles. The number of hydrogen-bond donors (Lipinski definition) is 2. The van der Waals surface area contributed by atoms with Crippen molar-refractivity contribution in [2.45, 2.75) is 0 Å². The summed E-state index contributed by atoms with van der Waals surface area (Å²) in [6, 6.07) is 13.7. The number of hydrogen-bond acceptors (Lipinski definition) is 3. The Balaban J connectivity index is 2.03. The molecule has 0 saturated heterocycles. The summed E-state index contributed by atoms with van der Waals surface area (Å²) in [6.07, 6.45) is 1.60. The first-order chi connectivity index (χ1) is 9.16. The fourth-order valence-electron chi connectivity index (χ4n) is 1.44. The monoisotopic (exact) mass is 274 g/mol. The summed E-state index contributed by atoms with van der Waals surface area (Å²) in [7, 11) is 0. The molecule has 0 aliphatic heterocycles. The Kier molecular flexibility index (Phi) is 4.15. The highest BCUT2D eigenvalue weighted by Crippen LogP contribution is 2.13. The minimum Gasteiger partial charge on any atom is -0.478 e. The van der Waals surface area contributed by atoms with Gasteiger partial charge in [-0.15, -0.1) is 0 Å². The van der Waals surface area contributed by atoms with Crippen molar-refractivity contribution >= 4 is 29.5 Å². The topological polar surface area (TPSA) is 61.7 Å². The first-order valence-electron chi connectivity index (χ1n) is 5.54. The number of nitrogens with one attached hydrogen (secondary N) is 1. The van der Waals surface area contributed by atoms with Crippen molar-refractivity contribution in [2.75, 3.05) is 5.43 Å². The first kappa shape index (κ1) is 13.1. The number of nitrogens with zero attached hydrogens (tertiary/aromatic N) is 1. The minimum atomic E-state index is -0.953. The standard InChI is InChI=1S/C14H11ClN2O2/c15-13-4-2-1-3-11(13)9-16-17-12-7-5-10(6-8-12)14(18)19/h1-9,17H,(H,18,19)/b16-9-. The molecule has 96 valence electrons. The van der Waals surface area contributed by atoms with Gasteiger partial charge in [-0.25, -0.2) is 4.79 Å². The Labute approximate surface area is 115 Å². The fraction of sp³-hybridized carbons (Fsp3) is 0. The number of halogens is 1. The van der Waals surface area contributed by atoms with Gasteiger partial charge in [0.15, 0.2) is 0 Å². The lowest BCUT2D eigenvalue weighted by Gasteiger charge is -2.01. The lowest BCUT2D eigenvalue weighted by atomic mass is 10.2. The molecule has 0 fully saturated rings. The Morgan fingerprint density at radius 3 is 2.47 bits per heavy atom. The van der Waals surface area contributed by atoms with Gasteiger partial charge in [0.2, 0.25) is 0 Å². The van der Waals surface area contributed by atoms with Crippen molar-refractivity contribution in [3.8, 4) is 0 Å². The maximum atomic E-state index is 10.7. The predicted molar refractivity (Wildman–Crippen MR) is 76.1 cm³/mol. The number of carboxylic acids is 1. The van der Waals surface area contributed by atoms with E-state index < -0.39 is 5.97 Å². The molecule has 0 bridgehead atoms. The molecule has 2 rings (SSSR count). The minimum absolute atomic E-state index is 0.237. The molecule has 0 amide bonds. The number of anilines is 1. The zero-order valence-corrected chi connectivity index (χ0v) is 10.6. The summed E-state index contributed by atoms with van der Waals surface area (Å²) >= 11 is 5.98. The van der Waals surface area contributed by atoms with Crippen molar-refractivity contribution < 1.29 is 9.90 Å². The molecule has 2 aromatic rings. The number of carboxylic acid groups (broad SMARTS) is 1. The van der Waals surface area contributed by atoms with E-state index in [0.29, 0.717) is 10.7 Å². The average Bonchev–Trinajstić information content (AvgIpc) is 2.41. The molecular weight excluding hydrogens is 264 g/mol. The van der Waals surface area contributed by atoms with Crippen LogP contribution in [0.2, 0.25) is 5.02 Å². The highest BCUT2D eigenvalue weighted by molar-refractivity contribution is 6.33. The third kappa shape index (κ3) is 3.56. The van der Waals surface area contributed by atoms with Gasteiger partial charge < -0.3 is 5.11 Å². The van der Waals surface area contributed by atoms with Gasteiger partial charge in [0, 0.05) is 10.6 Å². The van der Waals surface area contributed by atoms with Crippen molar-refractivity contribution in [1.82, 2.24) is 0 Å². The Hall–Kier alpha value is -2.33. The number of rotatable bonds is 4. The molecular formula is C14H11ClN2O2. The van der Waals surface area contributed by atoms with Crippen LogP contribution in [0, 0.1) is 0 Å². The van der Waals surface area contributed by atoms with E-state index in [-0.39, 0.29) is 5.56 Å². The number of hydrazone groups is 1. The zero-order chi connectivity index (χ0) is 13.7. The molecule has 4 nitrogen and oxygen atoms in total. The molecule has 0 atom stereocenters. The van der Waals surface area contributed by atoms with Gasteiger partial charge in [-0.05, 0) is 30.3 Å². The van der Waals surface area contributed by atoms with Crippen molar-refractivity contribution in [3.05, 3.63) is 64.7 Å². The van der Waals surface area contributed by atoms with Crippen molar-refractivity contribution in [2.24, 2.45) is 5.10 Å². The predicted octanol–water partition coefficient (Wildman–Crippen LogP) is 3.48. The van der Waals surface area contributed by atoms with Crippen LogP contribution in [-0.4, -0.2) is 17.3 Å². The van der Waals surface area contributed by atoms with E-state index >= 15 is 0 Å². The van der Waals surface area contributed by atoms with Crippen molar-refractivity contribution in [3.63, 3.8) is 0 Å². The Morgan fingerprint density at radius 2 is 1.84 bits per heavy atom. The number of aromatic carboxylic acids is 1. The van der Waals surface area contributed by atoms with Gasteiger partial charge in [-0.1, -0.05) is 29.8 Å². The van der Waals surface area contributed by atoms with E-state index in [1.807, 2.05) is 18.2 Å². The normalized spacial score (nSPS) is 10.6. The maximum absolute atomic E-state index is 10.7. The van der Waals surface area contributed by atoms with E-state index in [1.54, 1.807) is 24.4 Å². The van der Waals surface area contributed by atoms with E-state index in [2.05, 4.69) is 10.5 Å². The molecule has 0 spiro atoms. The highest BCUT2D eigenvalue weighted by atomic mass is 35.5. The van der Waals surface area contributed by atoms with Crippen LogP contribution in [0.1, 0.15) is 15.9 Å². The summed E-state index contributed by atoms with van der Waals surface area (Å²) in [5.41, 5.74) is 4.55. The fourth-order valence-corrected chi connectivity index (χ4v) is 1.63. The molecule has 0 heterocycles. The van der Waals surface area contributed by atoms with Gasteiger partial charge in [0.05, 0.1) is 17.5 Å². The summed E-state index contributed by atoms with van der Waals surface area (Å²) in [4.78, 5) is 10.7. The van der Waals surface area contributed by atoms with E-state index in [0.717, 1.165) is 5.56 Å². The second kappa shape index (κ2) is 6.02. The average molecular weight is 275 g/mol. The Morgan fingerprint density at radius 1 is 1.16 bits per heavy atom. The van der Waals surface area contributed by atoms with Crippen LogP contribution in [-0.2, 0) is 0 Å². The van der Waals surface area contributed by atoms with Crippen LogP contribution in [0.5, 0.6) is 0 Å². The summed E-state index contributed by atoms with van der Waals surface area (Å²) in [6.45, 7) is 0. The quantitative estimate of drug-likeness (QED) is 0.663. The van der Waals surface area contributed by atoms with Crippen LogP contribution in [0.4, 0.5) is 5.69 Å². The third-order valence-electron chi connectivity index (χ3n) is 2.43. The lowest BCUT2D eigenvalue weighted by Crippen LogP contribution is -1.96. The summed E-state index contributed by atoms with van der Waals surface area (Å²) in [5, 5.41) is 13.4. The van der Waals surface area contributed by atoms with Gasteiger partial charge >= 0.3 is 5.97 Å². The van der Waals surface area contributed by atoms with Crippen LogP contribution >= 0.6 is 11.6 Å². The SMILES string of the molecule is O=C(O)c1ccc(N/N=C\c2ccccc2Cl)cc1. The summed E-state index contributed by atoms with van der Waals surface area (Å²) < 4.78 is 0. The van der Waals surface area contributed by atoms with Crippen LogP contribution in [0.25, 0.3) is 0 Å². The number of carbonyl (C=O) groups is 1. The van der Waals surface area contributed by atoms with Crippen LogP contribution < -0.4 is 5.43 Å². The molecule has 0 radical (unpaired) electrons. The molecule has 0 unspecified atom stereocenters. The van der Waals surface area contributed by atoms with Crippen LogP contribution in [0.3, 0.4) is 0 Å². The second-order valence-electron chi connectivity index (χ2n) is 3.77. The third-order valence-corrected chi connectivity index (χ3v) is 2.78. The van der Waals surface area contributed by atoms with Gasteiger partial charge in [-0.3, -0.25) is 5.43 Å². The van der Waals surface area contributed by atoms with E-state index in [9.17, 15) is 4.79 Å². The molecule has 5 heteroatoms. The summed E-state index contributed by atoms with van der Waals surface area (Å²) in [5.74, 6) is -0.953. The molecule has 19 heavy (non-hydrogen) atoms. The maximum Gasteiger partial charge on any atom is 0.335 e. The first-order valence-corrected chi connectivity index (χ1v) is 5.91. The zero-order valence-electron chi connectivity index (χ0n) is 9.88. The van der Waals surface area contributed by atoms with Gasteiger partial charge in [0.25, 0.3) is 0 Å². The van der Waals surface area contributed by atoms with Crippen LogP contribution in [0.15, 0.2) is 53.6 Å². The molecule has 2 N–H and O–H groups in total. The van der Waals surface area contributed by atoms with Crippen molar-refractivity contribution in [1.29, 1.82) is 0 Å². The van der Waals surface area contributed by atoms with E-state index in [4.69, 9.17) is 16.7 Å². The van der Waals surface area contributed by atoms with Gasteiger partial charge in [-0.2, -0.15) is 5.10 Å². The number of benzene rings is 2. The van der Waals surface area contributed by atoms with Gasteiger partial charge in [0.1, 0.15) is 0 Å². The molecule has 0 aliphatic carbocycles. The Bertz CT molecular complexity index is 609.